The summed E-state index contributed by atoms with van der Waals surface area (Å²) in [7, 11) is -2.35. The van der Waals surface area contributed by atoms with Crippen LogP contribution in [-0.4, -0.2) is 18.7 Å². The third-order valence-corrected chi connectivity index (χ3v) is 1.58. The fourth-order valence-electron chi connectivity index (χ4n) is 0.425. The first-order valence-corrected chi connectivity index (χ1v) is 4.44. The van der Waals surface area contributed by atoms with E-state index in [4.69, 9.17) is 0 Å². The highest BCUT2D eigenvalue weighted by Crippen LogP contribution is 2.07. The maximum atomic E-state index is 10.4. The molecule has 0 aliphatic heterocycles. The average Bonchev–Trinajstić information content (AvgIpc) is 1.97. The van der Waals surface area contributed by atoms with Crippen LogP contribution in [0.5, 0.6) is 0 Å². The van der Waals surface area contributed by atoms with Gasteiger partial charge in [-0.25, -0.2) is 4.79 Å². The van der Waals surface area contributed by atoms with E-state index in [0.717, 1.165) is 6.08 Å². The zero-order valence-electron chi connectivity index (χ0n) is 5.99. The molecule has 0 aromatic rings. The summed E-state index contributed by atoms with van der Waals surface area (Å²) in [4.78, 5) is 20.4. The molecule has 0 heterocycles. The predicted molar refractivity (Wildman–Crippen MR) is 38.2 cm³/mol. The molecule has 0 aromatic heterocycles. The Kier molecular flexibility index (Phi) is 5.61. The molecule has 0 aliphatic carbocycles. The van der Waals surface area contributed by atoms with E-state index >= 15 is 0 Å². The van der Waals surface area contributed by atoms with Crippen LogP contribution in [0.1, 0.15) is 6.42 Å². The van der Waals surface area contributed by atoms with Crippen molar-refractivity contribution in [1.29, 1.82) is 0 Å². The summed E-state index contributed by atoms with van der Waals surface area (Å²) < 4.78 is 14.5. The molecule has 0 radical (unpaired) electrons. The quantitative estimate of drug-likeness (QED) is 0.260. The molecule has 0 saturated carbocycles. The Morgan fingerprint density at radius 3 is 2.82 bits per heavy atom. The molecule has 0 spiro atoms. The fraction of sp³-hybridized carbons (Fsp3) is 0.500. The van der Waals surface area contributed by atoms with Gasteiger partial charge in [0, 0.05) is 12.5 Å². The van der Waals surface area contributed by atoms with Gasteiger partial charge in [-0.3, -0.25) is 0 Å². The minimum atomic E-state index is -2.35. The molecule has 0 aliphatic rings. The maximum absolute atomic E-state index is 10.4. The van der Waals surface area contributed by atoms with E-state index in [1.54, 1.807) is 0 Å². The molecule has 0 amide bonds. The van der Waals surface area contributed by atoms with Crippen molar-refractivity contribution in [2.75, 3.05) is 12.8 Å². The van der Waals surface area contributed by atoms with Gasteiger partial charge in [0.1, 0.15) is 6.16 Å². The van der Waals surface area contributed by atoms with E-state index in [1.807, 2.05) is 0 Å². The van der Waals surface area contributed by atoms with Crippen LogP contribution in [0.15, 0.2) is 12.7 Å². The zero-order chi connectivity index (χ0) is 8.69. The highest BCUT2D eigenvalue weighted by Gasteiger charge is 2.00. The minimum absolute atomic E-state index is 0.0553. The Bertz CT molecular complexity index is 166. The molecule has 0 aromatic carbocycles. The predicted octanol–water partition coefficient (Wildman–Crippen LogP) is 0.208. The van der Waals surface area contributed by atoms with Crippen LogP contribution in [-0.2, 0) is 14.1 Å². The molecule has 0 saturated heterocycles. The van der Waals surface area contributed by atoms with Crippen molar-refractivity contribution in [3.05, 3.63) is 12.7 Å². The smallest absolute Gasteiger partial charge is 0.330 e. The summed E-state index contributed by atoms with van der Waals surface area (Å²) in [6.45, 7) is 3.31. The van der Waals surface area contributed by atoms with Gasteiger partial charge in [-0.15, -0.1) is 0 Å². The molecule has 11 heavy (non-hydrogen) atoms. The van der Waals surface area contributed by atoms with Gasteiger partial charge in [0.15, 0.2) is 0 Å². The highest BCUT2D eigenvalue weighted by molar-refractivity contribution is 7.36. The molecule has 0 N–H and O–H groups in total. The van der Waals surface area contributed by atoms with Crippen LogP contribution in [0.2, 0.25) is 0 Å². The molecule has 5 heteroatoms. The van der Waals surface area contributed by atoms with Gasteiger partial charge in [0.2, 0.25) is 0 Å². The second-order valence-electron chi connectivity index (χ2n) is 1.78. The summed E-state index contributed by atoms with van der Waals surface area (Å²) in [6.07, 6.45) is 1.44. The van der Waals surface area contributed by atoms with E-state index < -0.39 is 14.0 Å². The number of esters is 1. The number of carbonyl (C=O) groups excluding carboxylic acids is 1. The third kappa shape index (κ3) is 7.16. The fourth-order valence-corrected chi connectivity index (χ4v) is 0.813. The van der Waals surface area contributed by atoms with Crippen LogP contribution in [0.25, 0.3) is 0 Å². The average molecular weight is 176 g/mol. The van der Waals surface area contributed by atoms with Crippen molar-refractivity contribution in [2.45, 2.75) is 6.42 Å². The number of carbonyl (C=O) groups is 1. The summed E-state index contributed by atoms with van der Waals surface area (Å²) in [5.74, 6) is -0.522. The molecule has 0 bridgehead atoms. The van der Waals surface area contributed by atoms with Gasteiger partial charge in [0.05, 0.1) is 6.61 Å². The molecule has 0 fully saturated rings. The SMILES string of the molecule is C=CC(=O)OCCC[P+](=O)[O-]. The first-order valence-electron chi connectivity index (χ1n) is 3.08. The molecular formula is C6H9O4P. The lowest BCUT2D eigenvalue weighted by atomic mass is 10.5. The van der Waals surface area contributed by atoms with Gasteiger partial charge >= 0.3 is 14.0 Å². The van der Waals surface area contributed by atoms with Gasteiger partial charge in [0.25, 0.3) is 0 Å². The third-order valence-electron chi connectivity index (χ3n) is 0.896. The normalized spacial score (nSPS) is 10.5. The zero-order valence-corrected chi connectivity index (χ0v) is 6.88. The lowest BCUT2D eigenvalue weighted by molar-refractivity contribution is -0.164. The molecule has 1 atom stereocenters. The van der Waals surface area contributed by atoms with Crippen molar-refractivity contribution in [2.24, 2.45) is 0 Å². The Labute approximate surface area is 65.7 Å². The summed E-state index contributed by atoms with van der Waals surface area (Å²) in [6, 6.07) is 0. The first kappa shape index (κ1) is 10.3. The van der Waals surface area contributed by atoms with E-state index in [9.17, 15) is 14.3 Å². The Morgan fingerprint density at radius 2 is 2.36 bits per heavy atom. The lowest BCUT2D eigenvalue weighted by Crippen LogP contribution is -2.03. The van der Waals surface area contributed by atoms with E-state index in [-0.39, 0.29) is 12.8 Å². The van der Waals surface area contributed by atoms with Crippen LogP contribution < -0.4 is 4.89 Å². The monoisotopic (exact) mass is 176 g/mol. The Hall–Kier alpha value is -0.730. The van der Waals surface area contributed by atoms with E-state index in [0.29, 0.717) is 6.42 Å². The Balaban J connectivity index is 3.21. The number of hydrogen-bond acceptors (Lipinski definition) is 4. The minimum Gasteiger partial charge on any atom is -0.596 e. The van der Waals surface area contributed by atoms with Crippen LogP contribution in [0.3, 0.4) is 0 Å². The van der Waals surface area contributed by atoms with Gasteiger partial charge in [-0.2, -0.15) is 0 Å². The van der Waals surface area contributed by atoms with Crippen molar-refractivity contribution >= 4 is 14.0 Å². The topological polar surface area (TPSA) is 66.4 Å². The maximum Gasteiger partial charge on any atom is 0.330 e. The van der Waals surface area contributed by atoms with Gasteiger partial charge in [-0.05, 0) is 0 Å². The molecule has 1 unspecified atom stereocenters. The van der Waals surface area contributed by atoms with Gasteiger partial charge in [-0.1, -0.05) is 11.1 Å². The second-order valence-corrected chi connectivity index (χ2v) is 2.89. The van der Waals surface area contributed by atoms with Crippen LogP contribution >= 0.6 is 8.03 Å². The molecule has 62 valence electrons. The largest absolute Gasteiger partial charge is 0.596 e. The standard InChI is InChI=1S/C6H9O4P/c1-2-6(7)10-4-3-5-11(8)9/h2H,1,3-5H2. The van der Waals surface area contributed by atoms with E-state index in [2.05, 4.69) is 11.3 Å². The highest BCUT2D eigenvalue weighted by atomic mass is 31.1. The first-order chi connectivity index (χ1) is 5.16. The van der Waals surface area contributed by atoms with Crippen molar-refractivity contribution in [3.63, 3.8) is 0 Å². The summed E-state index contributed by atoms with van der Waals surface area (Å²) in [5.41, 5.74) is 0. The molecule has 0 rings (SSSR count). The van der Waals surface area contributed by atoms with E-state index in [1.165, 1.54) is 0 Å². The lowest BCUT2D eigenvalue weighted by Gasteiger charge is -1.96. The Morgan fingerprint density at radius 1 is 1.73 bits per heavy atom. The second kappa shape index (κ2) is 6.01. The summed E-state index contributed by atoms with van der Waals surface area (Å²) >= 11 is 0. The molecule has 4 nitrogen and oxygen atoms in total. The van der Waals surface area contributed by atoms with Crippen molar-refractivity contribution in [1.82, 2.24) is 0 Å². The summed E-state index contributed by atoms with van der Waals surface area (Å²) in [5, 5.41) is 0. The number of rotatable bonds is 5. The number of ether oxygens (including phenoxy) is 1. The van der Waals surface area contributed by atoms with Crippen molar-refractivity contribution in [3.8, 4) is 0 Å². The molecular weight excluding hydrogens is 167 g/mol. The number of hydrogen-bond donors (Lipinski definition) is 0. The van der Waals surface area contributed by atoms with Crippen LogP contribution in [0.4, 0.5) is 0 Å². The van der Waals surface area contributed by atoms with Crippen molar-refractivity contribution < 1.29 is 19.0 Å². The van der Waals surface area contributed by atoms with Crippen LogP contribution in [0, 0.1) is 0 Å². The van der Waals surface area contributed by atoms with Gasteiger partial charge < -0.3 is 9.63 Å².